The van der Waals surface area contributed by atoms with Crippen molar-refractivity contribution < 1.29 is 34.0 Å². The summed E-state index contributed by atoms with van der Waals surface area (Å²) in [4.78, 5) is 25.3. The molecule has 2 aliphatic heterocycles. The van der Waals surface area contributed by atoms with Gasteiger partial charge >= 0.3 is 0 Å². The molecule has 2 heterocycles. The number of benzene rings is 2. The Bertz CT molecular complexity index is 1130. The highest BCUT2D eigenvalue weighted by Crippen LogP contribution is 2.40. The van der Waals surface area contributed by atoms with Crippen molar-refractivity contribution in [2.75, 3.05) is 26.4 Å². The van der Waals surface area contributed by atoms with Crippen LogP contribution >= 0.6 is 0 Å². The van der Waals surface area contributed by atoms with E-state index in [0.29, 0.717) is 23.2 Å². The number of amides is 1. The summed E-state index contributed by atoms with van der Waals surface area (Å²) in [6.07, 6.45) is 4.77. The number of ketones is 1. The van der Waals surface area contributed by atoms with Crippen LogP contribution in [0.3, 0.4) is 0 Å². The van der Waals surface area contributed by atoms with Gasteiger partial charge in [0.05, 0.1) is 19.8 Å². The van der Waals surface area contributed by atoms with Gasteiger partial charge in [-0.2, -0.15) is 0 Å². The second-order valence-corrected chi connectivity index (χ2v) is 9.05. The molecule has 0 radical (unpaired) electrons. The highest BCUT2D eigenvalue weighted by molar-refractivity contribution is 5.94. The first-order chi connectivity index (χ1) is 18.6. The zero-order valence-electron chi connectivity index (χ0n) is 21.2. The average molecular weight is 523 g/mol. The fraction of sp³-hybridized carbons (Fsp3) is 0.379. The molecule has 3 atom stereocenters. The molecule has 4 N–H and O–H groups in total. The smallest absolute Gasteiger partial charge is 0.251 e. The number of nitrogens with one attached hydrogen (secondary N) is 2. The van der Waals surface area contributed by atoms with Gasteiger partial charge in [0.15, 0.2) is 18.2 Å². The molecule has 9 nitrogen and oxygen atoms in total. The van der Waals surface area contributed by atoms with Crippen molar-refractivity contribution >= 4 is 11.7 Å². The van der Waals surface area contributed by atoms with Gasteiger partial charge in [-0.3, -0.25) is 9.59 Å². The zero-order valence-corrected chi connectivity index (χ0v) is 21.2. The minimum atomic E-state index is -1.21. The number of hydrogen-bond donors (Lipinski definition) is 4. The second kappa shape index (κ2) is 13.5. The molecule has 0 aliphatic carbocycles. The van der Waals surface area contributed by atoms with Gasteiger partial charge in [-0.15, -0.1) is 0 Å². The SMILES string of the molecule is O=C(NCCO)c1ccc(C(CCO)(OC2OCCC(=O)C2OCc2ccccc2)C2=CCC=CN2)cc1. The van der Waals surface area contributed by atoms with Crippen molar-refractivity contribution in [1.29, 1.82) is 0 Å². The molecule has 38 heavy (non-hydrogen) atoms. The van der Waals surface area contributed by atoms with E-state index in [4.69, 9.17) is 19.3 Å². The number of carbonyl (C=O) groups is 2. The van der Waals surface area contributed by atoms with Gasteiger partial charge in [-0.25, -0.2) is 0 Å². The van der Waals surface area contributed by atoms with Crippen LogP contribution in [0.15, 0.2) is 78.6 Å². The van der Waals surface area contributed by atoms with Crippen molar-refractivity contribution in [2.24, 2.45) is 0 Å². The quantitative estimate of drug-likeness (QED) is 0.335. The number of rotatable bonds is 12. The van der Waals surface area contributed by atoms with Crippen LogP contribution in [0.2, 0.25) is 0 Å². The molecule has 1 fully saturated rings. The molecule has 2 aromatic carbocycles. The van der Waals surface area contributed by atoms with Crippen molar-refractivity contribution in [1.82, 2.24) is 10.6 Å². The molecule has 2 aliphatic rings. The van der Waals surface area contributed by atoms with Crippen LogP contribution in [0.1, 0.15) is 40.7 Å². The van der Waals surface area contributed by atoms with E-state index < -0.39 is 18.0 Å². The van der Waals surface area contributed by atoms with Gasteiger partial charge in [-0.1, -0.05) is 54.6 Å². The van der Waals surface area contributed by atoms with E-state index in [1.807, 2.05) is 42.5 Å². The Morgan fingerprint density at radius 2 is 1.89 bits per heavy atom. The summed E-state index contributed by atoms with van der Waals surface area (Å²) in [7, 11) is 0. The maximum absolute atomic E-state index is 13.0. The van der Waals surface area contributed by atoms with E-state index >= 15 is 0 Å². The highest BCUT2D eigenvalue weighted by Gasteiger charge is 2.45. The predicted molar refractivity (Wildman–Crippen MR) is 140 cm³/mol. The number of hydrogen-bond acceptors (Lipinski definition) is 8. The monoisotopic (exact) mass is 522 g/mol. The van der Waals surface area contributed by atoms with E-state index in [1.165, 1.54) is 0 Å². The van der Waals surface area contributed by atoms with Gasteiger partial charge < -0.3 is 35.1 Å². The molecule has 0 spiro atoms. The van der Waals surface area contributed by atoms with E-state index in [2.05, 4.69) is 10.6 Å². The molecular formula is C29H34N2O7. The normalized spacial score (nSPS) is 20.8. The lowest BCUT2D eigenvalue weighted by atomic mass is 9.85. The molecule has 0 bridgehead atoms. The molecule has 202 valence electrons. The van der Waals surface area contributed by atoms with E-state index in [0.717, 1.165) is 5.56 Å². The molecule has 1 saturated heterocycles. The van der Waals surface area contributed by atoms with Crippen molar-refractivity contribution in [3.8, 4) is 0 Å². The number of aliphatic hydroxyl groups excluding tert-OH is 2. The molecule has 4 rings (SSSR count). The topological polar surface area (TPSA) is 126 Å². The molecule has 0 saturated carbocycles. The molecule has 3 unspecified atom stereocenters. The third kappa shape index (κ3) is 6.56. The van der Waals surface area contributed by atoms with E-state index in [1.54, 1.807) is 30.5 Å². The molecule has 9 heteroatoms. The van der Waals surface area contributed by atoms with E-state index in [-0.39, 0.29) is 57.5 Å². The summed E-state index contributed by atoms with van der Waals surface area (Å²) in [5, 5.41) is 25.0. The summed E-state index contributed by atoms with van der Waals surface area (Å²) >= 11 is 0. The maximum Gasteiger partial charge on any atom is 0.251 e. The lowest BCUT2D eigenvalue weighted by Gasteiger charge is -2.42. The van der Waals surface area contributed by atoms with Crippen LogP contribution in [0.5, 0.6) is 0 Å². The Labute approximate surface area is 222 Å². The van der Waals surface area contributed by atoms with Crippen LogP contribution in [0, 0.1) is 0 Å². The first kappa shape index (κ1) is 27.7. The van der Waals surface area contributed by atoms with Crippen LogP contribution in [0.25, 0.3) is 0 Å². The van der Waals surface area contributed by atoms with Crippen molar-refractivity contribution in [3.63, 3.8) is 0 Å². The minimum absolute atomic E-state index is 0.114. The number of Topliss-reactive ketones (excluding diaryl/α,β-unsaturated/α-hetero) is 1. The Balaban J connectivity index is 1.65. The summed E-state index contributed by atoms with van der Waals surface area (Å²) < 4.78 is 18.7. The number of dihydropyridines is 1. The van der Waals surface area contributed by atoms with Crippen LogP contribution in [-0.4, -0.2) is 60.7 Å². The van der Waals surface area contributed by atoms with Gasteiger partial charge in [-0.05, 0) is 35.9 Å². The zero-order chi connectivity index (χ0) is 26.8. The fourth-order valence-electron chi connectivity index (χ4n) is 4.57. The Kier molecular flexibility index (Phi) is 9.80. The fourth-order valence-corrected chi connectivity index (χ4v) is 4.57. The Hall–Kier alpha value is -3.34. The van der Waals surface area contributed by atoms with Gasteiger partial charge in [0, 0.05) is 37.3 Å². The summed E-state index contributed by atoms with van der Waals surface area (Å²) in [5.41, 5.74) is 1.48. The largest absolute Gasteiger partial charge is 0.396 e. The maximum atomic E-state index is 13.0. The van der Waals surface area contributed by atoms with Crippen molar-refractivity contribution in [2.45, 2.75) is 43.9 Å². The molecule has 2 aromatic rings. The van der Waals surface area contributed by atoms with E-state index in [9.17, 15) is 14.7 Å². The predicted octanol–water partition coefficient (Wildman–Crippen LogP) is 2.29. The standard InChI is InChI=1S/C29H34N2O7/c32-17-14-29(25-8-4-5-15-30-25,23-11-9-22(10-12-23)27(35)31-16-18-33)38-28-26(24(34)13-19-36-28)37-20-21-6-2-1-3-7-21/h1-3,5-12,15,26,28,30,32-33H,4,13-14,16-20H2,(H,31,35). The van der Waals surface area contributed by atoms with Crippen LogP contribution in [-0.2, 0) is 31.2 Å². The van der Waals surface area contributed by atoms with Gasteiger partial charge in [0.25, 0.3) is 5.91 Å². The van der Waals surface area contributed by atoms with Crippen LogP contribution < -0.4 is 10.6 Å². The molecular weight excluding hydrogens is 488 g/mol. The third-order valence-electron chi connectivity index (χ3n) is 6.51. The lowest BCUT2D eigenvalue weighted by Crippen LogP contribution is -2.51. The first-order valence-electron chi connectivity index (χ1n) is 12.8. The van der Waals surface area contributed by atoms with Crippen molar-refractivity contribution in [3.05, 3.63) is 95.3 Å². The number of allylic oxidation sites excluding steroid dienone is 2. The van der Waals surface area contributed by atoms with Gasteiger partial charge in [0.2, 0.25) is 0 Å². The average Bonchev–Trinajstić information content (AvgIpc) is 2.96. The van der Waals surface area contributed by atoms with Gasteiger partial charge in [0.1, 0.15) is 5.60 Å². The first-order valence-corrected chi connectivity index (χ1v) is 12.8. The Morgan fingerprint density at radius 1 is 1.11 bits per heavy atom. The number of ether oxygens (including phenoxy) is 3. The molecule has 0 aromatic heterocycles. The lowest BCUT2D eigenvalue weighted by molar-refractivity contribution is -0.262. The highest BCUT2D eigenvalue weighted by atomic mass is 16.7. The number of carbonyl (C=O) groups excluding carboxylic acids is 2. The Morgan fingerprint density at radius 3 is 2.58 bits per heavy atom. The summed E-state index contributed by atoms with van der Waals surface area (Å²) in [6.45, 7) is 0.198. The summed E-state index contributed by atoms with van der Waals surface area (Å²) in [5.74, 6) is -0.427. The molecule has 1 amide bonds. The minimum Gasteiger partial charge on any atom is -0.396 e. The number of aliphatic hydroxyl groups is 2. The van der Waals surface area contributed by atoms with Crippen LogP contribution in [0.4, 0.5) is 0 Å². The summed E-state index contributed by atoms with van der Waals surface area (Å²) in [6, 6.07) is 16.4. The second-order valence-electron chi connectivity index (χ2n) is 9.05. The third-order valence-corrected chi connectivity index (χ3v) is 6.51.